The van der Waals surface area contributed by atoms with Gasteiger partial charge in [-0.2, -0.15) is 0 Å². The SMILES string of the molecule is CCCC(=O)OC1O[C@H]([C@H](O)CO)[C@@H]2OC(C)(C)O[C@H]12. The maximum Gasteiger partial charge on any atom is 0.308 e. The zero-order valence-electron chi connectivity index (χ0n) is 11.9. The van der Waals surface area contributed by atoms with Crippen LogP contribution >= 0.6 is 0 Å². The summed E-state index contributed by atoms with van der Waals surface area (Å²) in [6.45, 7) is 4.88. The van der Waals surface area contributed by atoms with E-state index in [1.807, 2.05) is 6.92 Å². The Labute approximate surface area is 117 Å². The number of hydrogen-bond acceptors (Lipinski definition) is 7. The minimum atomic E-state index is -1.12. The van der Waals surface area contributed by atoms with E-state index in [2.05, 4.69) is 0 Å². The topological polar surface area (TPSA) is 94.5 Å². The number of fused-ring (bicyclic) bond motifs is 1. The van der Waals surface area contributed by atoms with E-state index < -0.39 is 43.1 Å². The Kier molecular flexibility index (Phi) is 4.66. The first-order valence-corrected chi connectivity index (χ1v) is 6.87. The van der Waals surface area contributed by atoms with Gasteiger partial charge in [0.25, 0.3) is 0 Å². The van der Waals surface area contributed by atoms with Gasteiger partial charge in [0.2, 0.25) is 6.29 Å². The molecule has 0 aromatic heterocycles. The van der Waals surface area contributed by atoms with Crippen molar-refractivity contribution in [3.8, 4) is 0 Å². The molecular weight excluding hydrogens is 268 g/mol. The molecule has 116 valence electrons. The summed E-state index contributed by atoms with van der Waals surface area (Å²) in [7, 11) is 0. The molecule has 0 aliphatic carbocycles. The molecule has 2 aliphatic heterocycles. The molecule has 2 aliphatic rings. The van der Waals surface area contributed by atoms with Crippen LogP contribution < -0.4 is 0 Å². The van der Waals surface area contributed by atoms with Gasteiger partial charge in [0.05, 0.1) is 6.61 Å². The lowest BCUT2D eigenvalue weighted by molar-refractivity contribution is -0.241. The van der Waals surface area contributed by atoms with E-state index in [0.717, 1.165) is 0 Å². The van der Waals surface area contributed by atoms with Crippen molar-refractivity contribution in [2.24, 2.45) is 0 Å². The van der Waals surface area contributed by atoms with Crippen molar-refractivity contribution in [3.63, 3.8) is 0 Å². The highest BCUT2D eigenvalue weighted by molar-refractivity contribution is 5.69. The van der Waals surface area contributed by atoms with E-state index in [-0.39, 0.29) is 12.4 Å². The highest BCUT2D eigenvalue weighted by atomic mass is 16.8. The molecular formula is C13H22O7. The van der Waals surface area contributed by atoms with Crippen LogP contribution in [-0.4, -0.2) is 59.3 Å². The third-order valence-corrected chi connectivity index (χ3v) is 3.31. The smallest absolute Gasteiger partial charge is 0.308 e. The maximum atomic E-state index is 11.6. The highest BCUT2D eigenvalue weighted by Crippen LogP contribution is 2.40. The molecule has 7 nitrogen and oxygen atoms in total. The molecule has 0 spiro atoms. The molecule has 0 bridgehead atoms. The van der Waals surface area contributed by atoms with Gasteiger partial charge in [-0.3, -0.25) is 4.79 Å². The summed E-state index contributed by atoms with van der Waals surface area (Å²) in [5.41, 5.74) is 0. The first-order valence-electron chi connectivity index (χ1n) is 6.87. The van der Waals surface area contributed by atoms with Gasteiger partial charge in [0, 0.05) is 6.42 Å². The lowest BCUT2D eigenvalue weighted by Crippen LogP contribution is -2.40. The number of rotatable bonds is 5. The third kappa shape index (κ3) is 3.12. The zero-order valence-corrected chi connectivity index (χ0v) is 11.9. The van der Waals surface area contributed by atoms with Crippen molar-refractivity contribution >= 4 is 5.97 Å². The Balaban J connectivity index is 2.08. The van der Waals surface area contributed by atoms with Gasteiger partial charge in [-0.05, 0) is 20.3 Å². The molecule has 2 heterocycles. The van der Waals surface area contributed by atoms with Gasteiger partial charge in [-0.25, -0.2) is 0 Å². The van der Waals surface area contributed by atoms with E-state index in [9.17, 15) is 9.90 Å². The van der Waals surface area contributed by atoms with Crippen LogP contribution in [-0.2, 0) is 23.7 Å². The molecule has 0 amide bonds. The van der Waals surface area contributed by atoms with Gasteiger partial charge in [-0.1, -0.05) is 6.92 Å². The van der Waals surface area contributed by atoms with Gasteiger partial charge in [0.15, 0.2) is 11.9 Å². The predicted molar refractivity (Wildman–Crippen MR) is 66.6 cm³/mol. The van der Waals surface area contributed by atoms with E-state index >= 15 is 0 Å². The van der Waals surface area contributed by atoms with Crippen LogP contribution in [0.3, 0.4) is 0 Å². The molecule has 0 saturated carbocycles. The van der Waals surface area contributed by atoms with Crippen molar-refractivity contribution in [3.05, 3.63) is 0 Å². The van der Waals surface area contributed by atoms with Crippen molar-refractivity contribution in [2.45, 2.75) is 70.1 Å². The molecule has 0 aromatic carbocycles. The van der Waals surface area contributed by atoms with E-state index in [1.54, 1.807) is 13.8 Å². The molecule has 2 saturated heterocycles. The molecule has 1 unspecified atom stereocenters. The van der Waals surface area contributed by atoms with Crippen LogP contribution in [0.4, 0.5) is 0 Å². The minimum absolute atomic E-state index is 0.286. The Bertz CT molecular complexity index is 357. The van der Waals surface area contributed by atoms with Crippen LogP contribution in [0.15, 0.2) is 0 Å². The lowest BCUT2D eigenvalue weighted by Gasteiger charge is -2.25. The Morgan fingerprint density at radius 1 is 1.35 bits per heavy atom. The van der Waals surface area contributed by atoms with E-state index in [0.29, 0.717) is 6.42 Å². The highest BCUT2D eigenvalue weighted by Gasteiger charge is 2.58. The summed E-state index contributed by atoms with van der Waals surface area (Å²) < 4.78 is 22.1. The van der Waals surface area contributed by atoms with Gasteiger partial charge in [0.1, 0.15) is 18.3 Å². The number of carbonyl (C=O) groups excluding carboxylic acids is 1. The molecule has 5 atom stereocenters. The minimum Gasteiger partial charge on any atom is -0.433 e. The maximum absolute atomic E-state index is 11.6. The fourth-order valence-corrected chi connectivity index (χ4v) is 2.49. The lowest BCUT2D eigenvalue weighted by atomic mass is 10.1. The first kappa shape index (κ1) is 15.7. The molecule has 7 heteroatoms. The number of aliphatic hydroxyl groups is 2. The number of esters is 1. The molecule has 0 radical (unpaired) electrons. The molecule has 20 heavy (non-hydrogen) atoms. The largest absolute Gasteiger partial charge is 0.433 e. The fraction of sp³-hybridized carbons (Fsp3) is 0.923. The number of ether oxygens (including phenoxy) is 4. The van der Waals surface area contributed by atoms with Crippen molar-refractivity contribution in [1.29, 1.82) is 0 Å². The standard InChI is InChI=1S/C13H22O7/c1-4-5-8(16)17-12-11-10(19-13(2,3)20-11)9(18-12)7(15)6-14/h7,9-12,14-15H,4-6H2,1-3H3/t7-,9-,10+,11+,12?/m1/s1. The number of aliphatic hydroxyl groups excluding tert-OH is 2. The summed E-state index contributed by atoms with van der Waals surface area (Å²) >= 11 is 0. The van der Waals surface area contributed by atoms with Crippen LogP contribution in [0.5, 0.6) is 0 Å². The first-order chi connectivity index (χ1) is 9.38. The van der Waals surface area contributed by atoms with Crippen LogP contribution in [0.25, 0.3) is 0 Å². The molecule has 0 aromatic rings. The Morgan fingerprint density at radius 3 is 2.60 bits per heavy atom. The average Bonchev–Trinajstić information content (AvgIpc) is 2.83. The average molecular weight is 290 g/mol. The van der Waals surface area contributed by atoms with E-state index in [4.69, 9.17) is 24.1 Å². The second kappa shape index (κ2) is 5.95. The molecule has 2 rings (SSSR count). The van der Waals surface area contributed by atoms with Crippen molar-refractivity contribution in [2.75, 3.05) is 6.61 Å². The van der Waals surface area contributed by atoms with Crippen molar-refractivity contribution < 1.29 is 34.0 Å². The summed E-state index contributed by atoms with van der Waals surface area (Å²) in [5.74, 6) is -1.23. The van der Waals surface area contributed by atoms with Gasteiger partial charge >= 0.3 is 5.97 Å². The van der Waals surface area contributed by atoms with E-state index in [1.165, 1.54) is 0 Å². The molecule has 2 N–H and O–H groups in total. The third-order valence-electron chi connectivity index (χ3n) is 3.31. The molecule has 2 fully saturated rings. The normalized spacial score (nSPS) is 36.6. The van der Waals surface area contributed by atoms with Gasteiger partial charge in [-0.15, -0.1) is 0 Å². The summed E-state index contributed by atoms with van der Waals surface area (Å²) in [4.78, 5) is 11.6. The van der Waals surface area contributed by atoms with Crippen LogP contribution in [0.2, 0.25) is 0 Å². The van der Waals surface area contributed by atoms with Gasteiger partial charge < -0.3 is 29.2 Å². The summed E-state index contributed by atoms with van der Waals surface area (Å²) in [5, 5.41) is 18.8. The second-order valence-electron chi connectivity index (χ2n) is 5.52. The number of carbonyl (C=O) groups is 1. The van der Waals surface area contributed by atoms with Crippen LogP contribution in [0, 0.1) is 0 Å². The fourth-order valence-electron chi connectivity index (χ4n) is 2.49. The summed E-state index contributed by atoms with van der Waals surface area (Å²) in [6, 6.07) is 0. The predicted octanol–water partition coefficient (Wildman–Crippen LogP) is -0.0721. The Morgan fingerprint density at radius 2 is 2.00 bits per heavy atom. The Hall–Kier alpha value is -0.730. The quantitative estimate of drug-likeness (QED) is 0.684. The zero-order chi connectivity index (χ0) is 14.9. The van der Waals surface area contributed by atoms with Crippen LogP contribution in [0.1, 0.15) is 33.6 Å². The van der Waals surface area contributed by atoms with Crippen molar-refractivity contribution in [1.82, 2.24) is 0 Å². The number of hydrogen-bond donors (Lipinski definition) is 2. The second-order valence-corrected chi connectivity index (χ2v) is 5.52. The monoisotopic (exact) mass is 290 g/mol. The summed E-state index contributed by atoms with van der Waals surface area (Å²) in [6.07, 6.45) is -3.04.